The van der Waals surface area contributed by atoms with Gasteiger partial charge in [0.05, 0.1) is 18.0 Å². The topological polar surface area (TPSA) is 50.4 Å². The van der Waals surface area contributed by atoms with Crippen molar-refractivity contribution in [2.24, 2.45) is 0 Å². The summed E-state index contributed by atoms with van der Waals surface area (Å²) in [7, 11) is 2.79. The predicted molar refractivity (Wildman–Crippen MR) is 115 cm³/mol. The first-order valence-electron chi connectivity index (χ1n) is 8.52. The van der Waals surface area contributed by atoms with Crippen molar-refractivity contribution in [2.75, 3.05) is 13.2 Å². The lowest BCUT2D eigenvalue weighted by molar-refractivity contribution is -0.119. The Hall–Kier alpha value is -0.490. The van der Waals surface area contributed by atoms with E-state index in [1.54, 1.807) is 0 Å². The van der Waals surface area contributed by atoms with Crippen molar-refractivity contribution in [2.45, 2.75) is 48.5 Å². The Balaban J connectivity index is 1.93. The van der Waals surface area contributed by atoms with Crippen LogP contribution < -0.4 is 10.6 Å². The average Bonchev–Trinajstić information content (AvgIpc) is 2.89. The van der Waals surface area contributed by atoms with Crippen molar-refractivity contribution in [1.29, 1.82) is 0 Å². The number of aryl methyl sites for hydroxylation is 2. The van der Waals surface area contributed by atoms with Gasteiger partial charge in [-0.25, -0.2) is 0 Å². The van der Waals surface area contributed by atoms with E-state index in [0.717, 1.165) is 6.42 Å². The largest absolute Gasteiger partial charge is 0.371 e. The van der Waals surface area contributed by atoms with E-state index in [0.29, 0.717) is 19.6 Å². The summed E-state index contributed by atoms with van der Waals surface area (Å²) < 4.78 is 5.88. The van der Waals surface area contributed by atoms with Gasteiger partial charge in [-0.3, -0.25) is 10.1 Å². The monoisotopic (exact) mass is 474 g/mol. The van der Waals surface area contributed by atoms with Crippen LogP contribution in [0.4, 0.5) is 0 Å². The third-order valence-electron chi connectivity index (χ3n) is 4.46. The molecule has 1 aliphatic heterocycles. The fourth-order valence-electron chi connectivity index (χ4n) is 2.91. The van der Waals surface area contributed by atoms with Gasteiger partial charge in [0.1, 0.15) is 3.55 Å². The highest BCUT2D eigenvalue weighted by Gasteiger charge is 2.36. The van der Waals surface area contributed by atoms with Crippen LogP contribution in [0.3, 0.4) is 0 Å². The quantitative estimate of drug-likeness (QED) is 0.198. The molecule has 4 nitrogen and oxygen atoms in total. The van der Waals surface area contributed by atoms with Crippen molar-refractivity contribution in [3.8, 4) is 0 Å². The lowest BCUT2D eigenvalue weighted by Crippen LogP contribution is -2.51. The van der Waals surface area contributed by atoms with Gasteiger partial charge in [-0.2, -0.15) is 0 Å². The first-order chi connectivity index (χ1) is 11.6. The molecule has 1 aromatic carbocycles. The zero-order chi connectivity index (χ0) is 18.7. The van der Waals surface area contributed by atoms with Gasteiger partial charge < -0.3 is 10.1 Å². The van der Waals surface area contributed by atoms with E-state index in [2.05, 4.69) is 88.0 Å². The molecule has 0 saturated carbocycles. The van der Waals surface area contributed by atoms with Crippen LogP contribution >= 0.6 is 31.8 Å². The second-order valence-electron chi connectivity index (χ2n) is 6.99. The molecule has 0 bridgehead atoms. The fraction of sp³-hybridized carbons (Fsp3) is 0.526. The van der Waals surface area contributed by atoms with Gasteiger partial charge >= 0.3 is 0 Å². The summed E-state index contributed by atoms with van der Waals surface area (Å²) in [6.45, 7) is 11.4. The van der Waals surface area contributed by atoms with Crippen molar-refractivity contribution in [3.63, 3.8) is 0 Å². The first-order valence-corrected chi connectivity index (χ1v) is 10.2. The Kier molecular flexibility index (Phi) is 7.05. The summed E-state index contributed by atoms with van der Waals surface area (Å²) in [6, 6.07) is 6.49. The Labute approximate surface area is 166 Å². The summed E-state index contributed by atoms with van der Waals surface area (Å²) in [6.07, 6.45) is 3.27. The molecule has 0 spiro atoms. The molecular weight excluding hydrogens is 446 g/mol. The smallest absolute Gasteiger partial charge is 0.221 e. The number of alkyl halides is 1. The molecule has 25 heavy (non-hydrogen) atoms. The van der Waals surface area contributed by atoms with Crippen molar-refractivity contribution < 1.29 is 9.53 Å². The Morgan fingerprint density at radius 3 is 2.64 bits per heavy atom. The highest BCUT2D eigenvalue weighted by Crippen LogP contribution is 2.29. The Morgan fingerprint density at radius 1 is 1.48 bits per heavy atom. The molecule has 0 aromatic heterocycles. The van der Waals surface area contributed by atoms with E-state index in [9.17, 15) is 4.79 Å². The minimum absolute atomic E-state index is 0.0000186. The molecule has 1 saturated heterocycles. The van der Waals surface area contributed by atoms with E-state index >= 15 is 0 Å². The minimum Gasteiger partial charge on any atom is -0.371 e. The summed E-state index contributed by atoms with van der Waals surface area (Å²) in [5, 5.41) is 6.08. The maximum absolute atomic E-state index is 11.5. The van der Waals surface area contributed by atoms with Crippen LogP contribution in [0.1, 0.15) is 42.6 Å². The Bertz CT molecular complexity index is 634. The molecule has 0 radical (unpaired) electrons. The number of nitrogens with one attached hydrogen (secondary N) is 2. The van der Waals surface area contributed by atoms with Gasteiger partial charge in [-0.05, 0) is 32.8 Å². The van der Waals surface area contributed by atoms with E-state index in [1.165, 1.54) is 16.7 Å². The number of rotatable bonds is 8. The second-order valence-corrected chi connectivity index (χ2v) is 10.1. The summed E-state index contributed by atoms with van der Waals surface area (Å²) in [5.74, 6) is 0.115. The molecule has 1 fully saturated rings. The van der Waals surface area contributed by atoms with Gasteiger partial charge in [-0.15, -0.1) is 15.8 Å². The molecule has 2 N–H and O–H groups in total. The molecule has 138 valence electrons. The zero-order valence-electron chi connectivity index (χ0n) is 15.2. The van der Waals surface area contributed by atoms with Crippen molar-refractivity contribution in [1.82, 2.24) is 10.6 Å². The lowest BCUT2D eigenvalue weighted by Gasteiger charge is -2.33. The normalized spacial score (nSPS) is 23.8. The summed E-state index contributed by atoms with van der Waals surface area (Å²) >= 11 is 2.32. The standard InChI is InChI=1S/C19H28IN2O2P/c1-5-19(25,21-11-18(20)7-6-17(23)22-18)12-24-15(4)16-9-13(2)8-14(3)10-16/h5,8-10,15,21H,1,6-7,11-12,25H2,2-4H3,(H,22,23)/t15-,18+,19+/m1/s1. The zero-order valence-corrected chi connectivity index (χ0v) is 18.5. The van der Waals surface area contributed by atoms with Gasteiger partial charge in [0.15, 0.2) is 0 Å². The number of hydrogen-bond donors (Lipinski definition) is 2. The number of halogens is 1. The van der Waals surface area contributed by atoms with Crippen LogP contribution in [0.15, 0.2) is 30.9 Å². The molecule has 4 atom stereocenters. The molecular formula is C19H28IN2O2P. The molecule has 1 heterocycles. The average molecular weight is 474 g/mol. The van der Waals surface area contributed by atoms with Gasteiger partial charge in [0, 0.05) is 13.0 Å². The van der Waals surface area contributed by atoms with Gasteiger partial charge in [-0.1, -0.05) is 58.0 Å². The highest BCUT2D eigenvalue weighted by molar-refractivity contribution is 14.1. The molecule has 6 heteroatoms. The summed E-state index contributed by atoms with van der Waals surface area (Å²) in [4.78, 5) is 11.5. The third kappa shape index (κ3) is 6.02. The number of ether oxygens (including phenoxy) is 1. The van der Waals surface area contributed by atoms with Crippen LogP contribution in [0.25, 0.3) is 0 Å². The summed E-state index contributed by atoms with van der Waals surface area (Å²) in [5.41, 5.74) is 3.67. The van der Waals surface area contributed by atoms with E-state index in [-0.39, 0.29) is 15.6 Å². The number of hydrogen-bond acceptors (Lipinski definition) is 3. The lowest BCUT2D eigenvalue weighted by atomic mass is 10.0. The van der Waals surface area contributed by atoms with E-state index in [1.807, 2.05) is 6.08 Å². The van der Waals surface area contributed by atoms with Gasteiger partial charge in [0.2, 0.25) is 5.91 Å². The molecule has 1 aliphatic rings. The van der Waals surface area contributed by atoms with Gasteiger partial charge in [0.25, 0.3) is 0 Å². The number of benzene rings is 1. The van der Waals surface area contributed by atoms with Crippen LogP contribution in [-0.2, 0) is 9.53 Å². The van der Waals surface area contributed by atoms with Crippen molar-refractivity contribution in [3.05, 3.63) is 47.5 Å². The molecule has 1 unspecified atom stereocenters. The predicted octanol–water partition coefficient (Wildman–Crippen LogP) is 3.77. The Morgan fingerprint density at radius 2 is 2.12 bits per heavy atom. The molecule has 1 aromatic rings. The maximum Gasteiger partial charge on any atom is 0.221 e. The van der Waals surface area contributed by atoms with E-state index in [4.69, 9.17) is 4.74 Å². The number of carbonyl (C=O) groups is 1. The highest BCUT2D eigenvalue weighted by atomic mass is 127. The molecule has 1 amide bonds. The number of carbonyl (C=O) groups excluding carboxylic acids is 1. The number of amides is 1. The molecule has 2 rings (SSSR count). The first kappa shape index (κ1) is 20.8. The van der Waals surface area contributed by atoms with Crippen LogP contribution in [0, 0.1) is 13.8 Å². The maximum atomic E-state index is 11.5. The third-order valence-corrected chi connectivity index (χ3v) is 6.26. The fourth-order valence-corrected chi connectivity index (χ4v) is 3.87. The second kappa shape index (κ2) is 8.47. The van der Waals surface area contributed by atoms with Crippen LogP contribution in [-0.4, -0.2) is 27.9 Å². The molecule has 0 aliphatic carbocycles. The minimum atomic E-state index is -0.432. The van der Waals surface area contributed by atoms with E-state index < -0.39 is 5.28 Å². The van der Waals surface area contributed by atoms with Crippen LogP contribution in [0.2, 0.25) is 0 Å². The van der Waals surface area contributed by atoms with Crippen molar-refractivity contribution >= 4 is 37.7 Å². The SMILES string of the molecule is C=C[C@](P)(CO[C@H](C)c1cc(C)cc(C)c1)NC[C@]1(I)CCC(=O)N1. The van der Waals surface area contributed by atoms with Crippen LogP contribution in [0.5, 0.6) is 0 Å².